The zero-order valence-electron chi connectivity index (χ0n) is 15.8. The quantitative estimate of drug-likeness (QED) is 0.264. The molecule has 1 aromatic heterocycles. The molecule has 0 aliphatic carbocycles. The summed E-state index contributed by atoms with van der Waals surface area (Å²) >= 11 is 12.6. The highest BCUT2D eigenvalue weighted by Gasteiger charge is 2.24. The lowest BCUT2D eigenvalue weighted by molar-refractivity contribution is -0.481. The topological polar surface area (TPSA) is 68.2 Å². The van der Waals surface area contributed by atoms with Gasteiger partial charge in [0.1, 0.15) is 12.4 Å². The van der Waals surface area contributed by atoms with Crippen LogP contribution in [-0.2, 0) is 6.61 Å². The molecule has 5 nitrogen and oxygen atoms in total. The summed E-state index contributed by atoms with van der Waals surface area (Å²) in [6.07, 6.45) is 1.83. The second kappa shape index (κ2) is 8.78. The van der Waals surface area contributed by atoms with Gasteiger partial charge in [0.05, 0.1) is 10.9 Å². The van der Waals surface area contributed by atoms with Crippen LogP contribution in [0.15, 0.2) is 72.9 Å². The van der Waals surface area contributed by atoms with Gasteiger partial charge >= 0.3 is 0 Å². The molecule has 4 rings (SSSR count). The third-order valence-corrected chi connectivity index (χ3v) is 5.69. The van der Waals surface area contributed by atoms with Gasteiger partial charge in [-0.15, -0.1) is 0 Å². The molecule has 152 valence electrons. The maximum Gasteiger partial charge on any atom is 0.214 e. The van der Waals surface area contributed by atoms with E-state index in [1.54, 1.807) is 18.2 Å². The highest BCUT2D eigenvalue weighted by molar-refractivity contribution is 6.32. The van der Waals surface area contributed by atoms with Crippen LogP contribution in [0.4, 0.5) is 0 Å². The number of H-pyrrole nitrogens is 1. The molecule has 1 N–H and O–H groups in total. The smallest absolute Gasteiger partial charge is 0.214 e. The SMILES string of the molecule is O=[N+]([O-])C[C@@H](c1ccc(OCc2ccccc2Cl)c(Cl)c1)c1c[nH]c2ccccc12. The lowest BCUT2D eigenvalue weighted by Crippen LogP contribution is -2.13. The van der Waals surface area contributed by atoms with Gasteiger partial charge < -0.3 is 9.72 Å². The summed E-state index contributed by atoms with van der Waals surface area (Å²) in [5.74, 6) is 0.0605. The van der Waals surface area contributed by atoms with E-state index in [9.17, 15) is 10.1 Å². The van der Waals surface area contributed by atoms with Crippen molar-refractivity contribution in [3.8, 4) is 5.75 Å². The van der Waals surface area contributed by atoms with Crippen molar-refractivity contribution < 1.29 is 9.66 Å². The summed E-state index contributed by atoms with van der Waals surface area (Å²) in [7, 11) is 0. The number of nitrogens with one attached hydrogen (secondary N) is 1. The molecule has 1 heterocycles. The molecule has 0 fully saturated rings. The average molecular weight is 441 g/mol. The van der Waals surface area contributed by atoms with Gasteiger partial charge in [0, 0.05) is 32.6 Å². The first kappa shape index (κ1) is 20.3. The molecule has 0 bridgehead atoms. The van der Waals surface area contributed by atoms with Gasteiger partial charge in [-0.25, -0.2) is 0 Å². The lowest BCUT2D eigenvalue weighted by atomic mass is 9.91. The van der Waals surface area contributed by atoms with E-state index in [1.807, 2.05) is 54.7 Å². The minimum Gasteiger partial charge on any atom is -0.487 e. The van der Waals surface area contributed by atoms with E-state index >= 15 is 0 Å². The second-order valence-electron chi connectivity index (χ2n) is 6.93. The molecule has 4 aromatic rings. The van der Waals surface area contributed by atoms with Crippen LogP contribution in [0, 0.1) is 10.1 Å². The number of nitro groups is 1. The van der Waals surface area contributed by atoms with Gasteiger partial charge in [-0.05, 0) is 35.4 Å². The molecule has 30 heavy (non-hydrogen) atoms. The van der Waals surface area contributed by atoms with Crippen molar-refractivity contribution in [2.45, 2.75) is 12.5 Å². The van der Waals surface area contributed by atoms with Crippen molar-refractivity contribution in [2.24, 2.45) is 0 Å². The Morgan fingerprint density at radius 2 is 1.77 bits per heavy atom. The van der Waals surface area contributed by atoms with Crippen LogP contribution < -0.4 is 4.74 Å². The van der Waals surface area contributed by atoms with E-state index in [-0.39, 0.29) is 18.1 Å². The number of halogens is 2. The number of aromatic amines is 1. The Labute approximate surface area is 183 Å². The van der Waals surface area contributed by atoms with Gasteiger partial charge in [0.15, 0.2) is 0 Å². The normalized spacial score (nSPS) is 12.1. The number of hydrogen-bond acceptors (Lipinski definition) is 3. The Balaban J connectivity index is 1.63. The van der Waals surface area contributed by atoms with Crippen LogP contribution in [-0.4, -0.2) is 16.5 Å². The summed E-state index contributed by atoms with van der Waals surface area (Å²) in [4.78, 5) is 14.3. The third kappa shape index (κ3) is 4.27. The van der Waals surface area contributed by atoms with Crippen LogP contribution >= 0.6 is 23.2 Å². The molecule has 0 saturated heterocycles. The van der Waals surface area contributed by atoms with E-state index in [0.29, 0.717) is 15.8 Å². The Morgan fingerprint density at radius 3 is 2.53 bits per heavy atom. The molecule has 0 amide bonds. The zero-order chi connectivity index (χ0) is 21.1. The van der Waals surface area contributed by atoms with Crippen LogP contribution in [0.2, 0.25) is 10.0 Å². The first-order valence-electron chi connectivity index (χ1n) is 9.36. The summed E-state index contributed by atoms with van der Waals surface area (Å²) in [6.45, 7) is 0.0392. The lowest BCUT2D eigenvalue weighted by Gasteiger charge is -2.15. The number of benzene rings is 3. The fourth-order valence-electron chi connectivity index (χ4n) is 3.54. The van der Waals surface area contributed by atoms with E-state index < -0.39 is 5.92 Å². The van der Waals surface area contributed by atoms with Crippen molar-refractivity contribution in [3.63, 3.8) is 0 Å². The van der Waals surface area contributed by atoms with E-state index in [2.05, 4.69) is 4.98 Å². The predicted molar refractivity (Wildman–Crippen MR) is 119 cm³/mol. The number of rotatable bonds is 7. The Morgan fingerprint density at radius 1 is 1.00 bits per heavy atom. The largest absolute Gasteiger partial charge is 0.487 e. The molecule has 1 atom stereocenters. The Hall–Kier alpha value is -3.02. The first-order chi connectivity index (χ1) is 14.5. The molecule has 3 aromatic carbocycles. The maximum absolute atomic E-state index is 11.4. The number of fused-ring (bicyclic) bond motifs is 1. The summed E-state index contributed by atoms with van der Waals surface area (Å²) in [5, 5.41) is 13.4. The Bertz CT molecular complexity index is 1210. The van der Waals surface area contributed by atoms with Crippen LogP contribution in [0.5, 0.6) is 5.75 Å². The van der Waals surface area contributed by atoms with Crippen LogP contribution in [0.1, 0.15) is 22.6 Å². The number of ether oxygens (including phenoxy) is 1. The van der Waals surface area contributed by atoms with Crippen molar-refractivity contribution in [2.75, 3.05) is 6.54 Å². The molecule has 0 radical (unpaired) electrons. The average Bonchev–Trinajstić information content (AvgIpc) is 3.16. The summed E-state index contributed by atoms with van der Waals surface area (Å²) in [6, 6.07) is 20.5. The van der Waals surface area contributed by atoms with Crippen molar-refractivity contribution in [1.29, 1.82) is 0 Å². The molecular formula is C23H18Cl2N2O3. The predicted octanol–water partition coefficient (Wildman–Crippen LogP) is 6.46. The van der Waals surface area contributed by atoms with E-state index in [0.717, 1.165) is 27.6 Å². The Kier molecular flexibility index (Phi) is 5.93. The fourth-order valence-corrected chi connectivity index (χ4v) is 3.97. The summed E-state index contributed by atoms with van der Waals surface area (Å²) < 4.78 is 5.82. The third-order valence-electron chi connectivity index (χ3n) is 5.03. The number of hydrogen-bond donors (Lipinski definition) is 1. The van der Waals surface area contributed by atoms with Crippen molar-refractivity contribution in [1.82, 2.24) is 4.98 Å². The van der Waals surface area contributed by atoms with Crippen molar-refractivity contribution in [3.05, 3.63) is 110 Å². The fraction of sp³-hybridized carbons (Fsp3) is 0.130. The van der Waals surface area contributed by atoms with Crippen LogP contribution in [0.25, 0.3) is 10.9 Å². The van der Waals surface area contributed by atoms with Gasteiger partial charge in [-0.1, -0.05) is 65.7 Å². The highest BCUT2D eigenvalue weighted by atomic mass is 35.5. The number of para-hydroxylation sites is 1. The highest BCUT2D eigenvalue weighted by Crippen LogP contribution is 2.35. The monoisotopic (exact) mass is 440 g/mol. The van der Waals surface area contributed by atoms with Crippen molar-refractivity contribution >= 4 is 34.1 Å². The molecule has 0 spiro atoms. The molecule has 0 aliphatic rings. The molecule has 7 heteroatoms. The minimum absolute atomic E-state index is 0.238. The van der Waals surface area contributed by atoms with Gasteiger partial charge in [0.25, 0.3) is 0 Å². The first-order valence-corrected chi connectivity index (χ1v) is 10.1. The molecule has 0 aliphatic heterocycles. The maximum atomic E-state index is 11.4. The molecule has 0 unspecified atom stereocenters. The summed E-state index contributed by atoms with van der Waals surface area (Å²) in [5.41, 5.74) is 3.41. The molecule has 0 saturated carbocycles. The standard InChI is InChI=1S/C23H18Cl2N2O3/c24-20-7-3-1-5-16(20)14-30-23-10-9-15(11-21(23)25)19(13-27(28)29)18-12-26-22-8-4-2-6-17(18)22/h1-12,19,26H,13-14H2/t19-/m0/s1. The zero-order valence-corrected chi connectivity index (χ0v) is 17.4. The number of aromatic nitrogens is 1. The number of nitrogens with zero attached hydrogens (tertiary/aromatic N) is 1. The second-order valence-corrected chi connectivity index (χ2v) is 7.74. The van der Waals surface area contributed by atoms with E-state index in [4.69, 9.17) is 27.9 Å². The van der Waals surface area contributed by atoms with E-state index in [1.165, 1.54) is 0 Å². The minimum atomic E-state index is -0.439. The molecular weight excluding hydrogens is 423 g/mol. The van der Waals surface area contributed by atoms with Crippen LogP contribution in [0.3, 0.4) is 0 Å². The van der Waals surface area contributed by atoms with Gasteiger partial charge in [-0.3, -0.25) is 10.1 Å². The van der Waals surface area contributed by atoms with Gasteiger partial charge in [-0.2, -0.15) is 0 Å². The van der Waals surface area contributed by atoms with Gasteiger partial charge in [0.2, 0.25) is 6.54 Å².